The molecular weight excluding hydrogens is 293 g/mol. The van der Waals surface area contributed by atoms with Crippen molar-refractivity contribution in [3.8, 4) is 0 Å². The molecule has 0 atom stereocenters. The quantitative estimate of drug-likeness (QED) is 0.852. The van der Waals surface area contributed by atoms with Crippen LogP contribution in [-0.4, -0.2) is 13.4 Å². The van der Waals surface area contributed by atoms with Crippen LogP contribution in [0, 0.1) is 5.82 Å². The lowest BCUT2D eigenvalue weighted by atomic mass is 10.3. The molecule has 2 aromatic rings. The number of nitrogens with one attached hydrogen (secondary N) is 1. The largest absolute Gasteiger partial charge is 0.396 e. The van der Waals surface area contributed by atoms with Crippen LogP contribution in [0.3, 0.4) is 0 Å². The SMILES string of the molecule is Nc1cc(S(=O)(=O)Nc2ccncc2)c(Cl)cc1F. The maximum atomic E-state index is 13.1. The molecule has 0 unspecified atom stereocenters. The second kappa shape index (κ2) is 5.02. The molecule has 100 valence electrons. The minimum Gasteiger partial charge on any atom is -0.396 e. The third kappa shape index (κ3) is 2.94. The van der Waals surface area contributed by atoms with Crippen molar-refractivity contribution >= 4 is 33.0 Å². The molecule has 0 aliphatic heterocycles. The molecule has 3 N–H and O–H groups in total. The van der Waals surface area contributed by atoms with E-state index in [4.69, 9.17) is 17.3 Å². The Bertz CT molecular complexity index is 707. The zero-order valence-electron chi connectivity index (χ0n) is 9.47. The molecule has 0 aliphatic carbocycles. The Labute approximate surface area is 114 Å². The van der Waals surface area contributed by atoms with Gasteiger partial charge >= 0.3 is 0 Å². The van der Waals surface area contributed by atoms with Crippen molar-refractivity contribution in [1.29, 1.82) is 0 Å². The molecule has 1 aromatic heterocycles. The lowest BCUT2D eigenvalue weighted by molar-refractivity contribution is 0.600. The zero-order chi connectivity index (χ0) is 14.0. The standard InChI is InChI=1S/C11H9ClFN3O2S/c12-8-5-9(13)10(14)6-11(8)19(17,18)16-7-1-3-15-4-2-7/h1-6H,14H2,(H,15,16). The smallest absolute Gasteiger partial charge is 0.263 e. The van der Waals surface area contributed by atoms with Crippen molar-refractivity contribution in [3.63, 3.8) is 0 Å². The number of nitrogens with zero attached hydrogens (tertiary/aromatic N) is 1. The number of hydrogen-bond donors (Lipinski definition) is 2. The molecule has 0 aliphatic rings. The maximum Gasteiger partial charge on any atom is 0.263 e. The van der Waals surface area contributed by atoms with Gasteiger partial charge < -0.3 is 5.73 Å². The van der Waals surface area contributed by atoms with Gasteiger partial charge in [0.2, 0.25) is 0 Å². The Hall–Kier alpha value is -1.86. The van der Waals surface area contributed by atoms with Crippen molar-refractivity contribution in [3.05, 3.63) is 47.5 Å². The number of halogens is 2. The summed E-state index contributed by atoms with van der Waals surface area (Å²) < 4.78 is 39.6. The van der Waals surface area contributed by atoms with Crippen LogP contribution in [-0.2, 0) is 10.0 Å². The van der Waals surface area contributed by atoms with Crippen LogP contribution in [0.25, 0.3) is 0 Å². The average Bonchev–Trinajstić information content (AvgIpc) is 2.34. The first-order chi connectivity index (χ1) is 8.90. The second-order valence-corrected chi connectivity index (χ2v) is 5.70. The predicted octanol–water partition coefficient (Wildman–Crippen LogP) is 2.26. The van der Waals surface area contributed by atoms with Crippen molar-refractivity contribution in [2.24, 2.45) is 0 Å². The van der Waals surface area contributed by atoms with Crippen LogP contribution in [0.15, 0.2) is 41.6 Å². The topological polar surface area (TPSA) is 85.1 Å². The summed E-state index contributed by atoms with van der Waals surface area (Å²) in [6.07, 6.45) is 2.86. The number of hydrogen-bond acceptors (Lipinski definition) is 4. The van der Waals surface area contributed by atoms with Gasteiger partial charge in [0.1, 0.15) is 10.7 Å². The summed E-state index contributed by atoms with van der Waals surface area (Å²) in [5.41, 5.74) is 5.37. The molecule has 1 heterocycles. The molecule has 5 nitrogen and oxygen atoms in total. The summed E-state index contributed by atoms with van der Waals surface area (Å²) in [5, 5.41) is -0.242. The van der Waals surface area contributed by atoms with Crippen LogP contribution in [0.4, 0.5) is 15.8 Å². The van der Waals surface area contributed by atoms with E-state index in [-0.39, 0.29) is 15.6 Å². The first-order valence-electron chi connectivity index (χ1n) is 5.07. The molecule has 8 heteroatoms. The molecule has 0 bridgehead atoms. The Morgan fingerprint density at radius 1 is 1.26 bits per heavy atom. The van der Waals surface area contributed by atoms with Crippen molar-refractivity contribution in [2.45, 2.75) is 4.90 Å². The molecule has 0 fully saturated rings. The number of anilines is 2. The lowest BCUT2D eigenvalue weighted by Crippen LogP contribution is -2.14. The zero-order valence-corrected chi connectivity index (χ0v) is 11.0. The predicted molar refractivity (Wildman–Crippen MR) is 70.9 cm³/mol. The summed E-state index contributed by atoms with van der Waals surface area (Å²) in [5.74, 6) is -0.770. The Morgan fingerprint density at radius 2 is 1.89 bits per heavy atom. The first-order valence-corrected chi connectivity index (χ1v) is 6.93. The molecule has 19 heavy (non-hydrogen) atoms. The fourth-order valence-corrected chi connectivity index (χ4v) is 2.99. The Balaban J connectivity index is 2.43. The van der Waals surface area contributed by atoms with E-state index in [2.05, 4.69) is 9.71 Å². The number of pyridine rings is 1. The second-order valence-electron chi connectivity index (χ2n) is 3.65. The average molecular weight is 302 g/mol. The number of benzene rings is 1. The lowest BCUT2D eigenvalue weighted by Gasteiger charge is -2.10. The van der Waals surface area contributed by atoms with E-state index < -0.39 is 15.8 Å². The Kier molecular flexibility index (Phi) is 3.59. The summed E-state index contributed by atoms with van der Waals surface area (Å²) in [6, 6.07) is 4.77. The van der Waals surface area contributed by atoms with Gasteiger partial charge in [-0.3, -0.25) is 9.71 Å². The molecular formula is C11H9ClFN3O2S. The number of nitrogen functional groups attached to an aromatic ring is 1. The van der Waals surface area contributed by atoms with Crippen molar-refractivity contribution < 1.29 is 12.8 Å². The van der Waals surface area contributed by atoms with Crippen molar-refractivity contribution in [1.82, 2.24) is 4.98 Å². The van der Waals surface area contributed by atoms with E-state index in [9.17, 15) is 12.8 Å². The molecule has 0 saturated carbocycles. The molecule has 0 saturated heterocycles. The highest BCUT2D eigenvalue weighted by atomic mass is 35.5. The minimum atomic E-state index is -3.94. The fraction of sp³-hybridized carbons (Fsp3) is 0. The third-order valence-electron chi connectivity index (χ3n) is 2.27. The van der Waals surface area contributed by atoms with Gasteiger partial charge in [-0.05, 0) is 24.3 Å². The normalized spacial score (nSPS) is 11.3. The first kappa shape index (κ1) is 13.6. The number of nitrogens with two attached hydrogens (primary N) is 1. The molecule has 0 radical (unpaired) electrons. The van der Waals surface area contributed by atoms with E-state index in [1.54, 1.807) is 0 Å². The summed E-state index contributed by atoms with van der Waals surface area (Å²) in [4.78, 5) is 3.47. The van der Waals surface area contributed by atoms with Gasteiger partial charge in [0.05, 0.1) is 16.4 Å². The number of sulfonamides is 1. The minimum absolute atomic E-state index is 0.242. The highest BCUT2D eigenvalue weighted by Crippen LogP contribution is 2.27. The number of aromatic nitrogens is 1. The van der Waals surface area contributed by atoms with Gasteiger partial charge in [0.25, 0.3) is 10.0 Å². The molecule has 0 amide bonds. The summed E-state index contributed by atoms with van der Waals surface area (Å²) >= 11 is 5.73. The van der Waals surface area contributed by atoms with E-state index in [0.29, 0.717) is 5.69 Å². The maximum absolute atomic E-state index is 13.1. The highest BCUT2D eigenvalue weighted by molar-refractivity contribution is 7.92. The van der Waals surface area contributed by atoms with Crippen LogP contribution < -0.4 is 10.5 Å². The molecule has 1 aromatic carbocycles. The van der Waals surface area contributed by atoms with Crippen LogP contribution in [0.2, 0.25) is 5.02 Å². The van der Waals surface area contributed by atoms with Gasteiger partial charge in [0, 0.05) is 12.4 Å². The van der Waals surface area contributed by atoms with E-state index in [0.717, 1.165) is 12.1 Å². The van der Waals surface area contributed by atoms with Gasteiger partial charge in [-0.1, -0.05) is 11.6 Å². The van der Waals surface area contributed by atoms with E-state index in [1.165, 1.54) is 24.5 Å². The number of rotatable bonds is 3. The van der Waals surface area contributed by atoms with Crippen molar-refractivity contribution in [2.75, 3.05) is 10.5 Å². The van der Waals surface area contributed by atoms with Gasteiger partial charge in [-0.15, -0.1) is 0 Å². The molecule has 0 spiro atoms. The Morgan fingerprint density at radius 3 is 2.53 bits per heavy atom. The fourth-order valence-electron chi connectivity index (χ4n) is 1.38. The van der Waals surface area contributed by atoms with Gasteiger partial charge in [-0.2, -0.15) is 0 Å². The van der Waals surface area contributed by atoms with Gasteiger partial charge in [0.15, 0.2) is 0 Å². The third-order valence-corrected chi connectivity index (χ3v) is 4.12. The van der Waals surface area contributed by atoms with E-state index >= 15 is 0 Å². The van der Waals surface area contributed by atoms with E-state index in [1.807, 2.05) is 0 Å². The van der Waals surface area contributed by atoms with Crippen LogP contribution in [0.1, 0.15) is 0 Å². The molecule has 2 rings (SSSR count). The summed E-state index contributed by atoms with van der Waals surface area (Å²) in [6.45, 7) is 0. The van der Waals surface area contributed by atoms with Crippen LogP contribution >= 0.6 is 11.6 Å². The van der Waals surface area contributed by atoms with Gasteiger partial charge in [-0.25, -0.2) is 12.8 Å². The highest BCUT2D eigenvalue weighted by Gasteiger charge is 2.20. The monoisotopic (exact) mass is 301 g/mol. The van der Waals surface area contributed by atoms with Crippen LogP contribution in [0.5, 0.6) is 0 Å². The summed E-state index contributed by atoms with van der Waals surface area (Å²) in [7, 11) is -3.94.